The van der Waals surface area contributed by atoms with E-state index in [2.05, 4.69) is 26.2 Å². The molecule has 0 radical (unpaired) electrons. The molecule has 0 aromatic heterocycles. The molecule has 0 atom stereocenters. The van der Waals surface area contributed by atoms with Crippen molar-refractivity contribution in [3.8, 4) is 11.5 Å². The third kappa shape index (κ3) is 3.33. The SMILES string of the molecule is COc1ccc(C=C2N=C(c3cccc(Br)c3)NC2=O)cc1OC. The minimum Gasteiger partial charge on any atom is -0.493 e. The fourth-order valence-corrected chi connectivity index (χ4v) is 2.74. The molecule has 0 spiro atoms. The van der Waals surface area contributed by atoms with Crippen LogP contribution in [-0.4, -0.2) is 26.0 Å². The summed E-state index contributed by atoms with van der Waals surface area (Å²) in [5, 5.41) is 2.78. The van der Waals surface area contributed by atoms with Crippen LogP contribution in [-0.2, 0) is 4.79 Å². The molecule has 6 heteroatoms. The average Bonchev–Trinajstić information content (AvgIpc) is 2.95. The van der Waals surface area contributed by atoms with Crippen LogP contribution in [0.15, 0.2) is 57.6 Å². The second kappa shape index (κ2) is 6.88. The fraction of sp³-hybridized carbons (Fsp3) is 0.111. The van der Waals surface area contributed by atoms with E-state index in [0.717, 1.165) is 15.6 Å². The topological polar surface area (TPSA) is 59.9 Å². The lowest BCUT2D eigenvalue weighted by atomic mass is 10.1. The Bertz CT molecular complexity index is 859. The van der Waals surface area contributed by atoms with Gasteiger partial charge in [0.1, 0.15) is 11.5 Å². The van der Waals surface area contributed by atoms with Crippen LogP contribution in [0, 0.1) is 0 Å². The standard InChI is InChI=1S/C18H15BrN2O3/c1-23-15-7-6-11(9-16(15)24-2)8-14-18(22)21-17(20-14)12-4-3-5-13(19)10-12/h3-10H,1-2H3,(H,20,21,22). The fourth-order valence-electron chi connectivity index (χ4n) is 2.34. The highest BCUT2D eigenvalue weighted by atomic mass is 79.9. The number of hydrogen-bond acceptors (Lipinski definition) is 4. The lowest BCUT2D eigenvalue weighted by molar-refractivity contribution is -0.115. The van der Waals surface area contributed by atoms with E-state index >= 15 is 0 Å². The van der Waals surface area contributed by atoms with E-state index in [4.69, 9.17) is 9.47 Å². The Morgan fingerprint density at radius 2 is 1.88 bits per heavy atom. The molecule has 122 valence electrons. The summed E-state index contributed by atoms with van der Waals surface area (Å²) >= 11 is 3.41. The van der Waals surface area contributed by atoms with Crippen molar-refractivity contribution in [2.24, 2.45) is 4.99 Å². The maximum Gasteiger partial charge on any atom is 0.275 e. The summed E-state index contributed by atoms with van der Waals surface area (Å²) in [5.41, 5.74) is 1.99. The van der Waals surface area contributed by atoms with Gasteiger partial charge in [0.25, 0.3) is 5.91 Å². The summed E-state index contributed by atoms with van der Waals surface area (Å²) < 4.78 is 11.4. The number of hydrogen-bond donors (Lipinski definition) is 1. The molecular formula is C18H15BrN2O3. The summed E-state index contributed by atoms with van der Waals surface area (Å²) in [6.07, 6.45) is 1.71. The van der Waals surface area contributed by atoms with Gasteiger partial charge in [0.2, 0.25) is 0 Å². The Hall–Kier alpha value is -2.60. The molecule has 0 saturated heterocycles. The van der Waals surface area contributed by atoms with Crippen molar-refractivity contribution in [2.45, 2.75) is 0 Å². The molecule has 1 heterocycles. The number of methoxy groups -OCH3 is 2. The molecule has 1 N–H and O–H groups in total. The lowest BCUT2D eigenvalue weighted by Crippen LogP contribution is -2.24. The van der Waals surface area contributed by atoms with Crippen LogP contribution in [0.25, 0.3) is 6.08 Å². The third-order valence-corrected chi connectivity index (χ3v) is 4.00. The Morgan fingerprint density at radius 3 is 2.58 bits per heavy atom. The second-order valence-corrected chi connectivity index (χ2v) is 5.98. The maximum absolute atomic E-state index is 12.2. The second-order valence-electron chi connectivity index (χ2n) is 5.07. The van der Waals surface area contributed by atoms with Gasteiger partial charge < -0.3 is 14.8 Å². The minimum atomic E-state index is -0.236. The number of ether oxygens (including phenoxy) is 2. The zero-order valence-electron chi connectivity index (χ0n) is 13.2. The number of halogens is 1. The molecule has 5 nitrogen and oxygen atoms in total. The van der Waals surface area contributed by atoms with Crippen LogP contribution in [0.3, 0.4) is 0 Å². The van der Waals surface area contributed by atoms with Gasteiger partial charge in [0.05, 0.1) is 14.2 Å². The Kier molecular flexibility index (Phi) is 4.66. The normalized spacial score (nSPS) is 15.2. The first-order valence-electron chi connectivity index (χ1n) is 7.20. The first kappa shape index (κ1) is 16.3. The zero-order chi connectivity index (χ0) is 17.1. The van der Waals surface area contributed by atoms with E-state index in [-0.39, 0.29) is 5.91 Å². The summed E-state index contributed by atoms with van der Waals surface area (Å²) in [7, 11) is 3.15. The van der Waals surface area contributed by atoms with Gasteiger partial charge in [-0.1, -0.05) is 34.1 Å². The van der Waals surface area contributed by atoms with Gasteiger partial charge in [-0.15, -0.1) is 0 Å². The predicted molar refractivity (Wildman–Crippen MR) is 96.3 cm³/mol. The lowest BCUT2D eigenvalue weighted by Gasteiger charge is -2.07. The molecule has 1 aliphatic heterocycles. The van der Waals surface area contributed by atoms with E-state index in [1.807, 2.05) is 30.3 Å². The predicted octanol–water partition coefficient (Wildman–Crippen LogP) is 3.38. The molecule has 3 rings (SSSR count). The molecular weight excluding hydrogens is 372 g/mol. The number of nitrogens with zero attached hydrogens (tertiary/aromatic N) is 1. The summed E-state index contributed by atoms with van der Waals surface area (Å²) in [6.45, 7) is 0. The van der Waals surface area contributed by atoms with Crippen LogP contribution in [0.2, 0.25) is 0 Å². The molecule has 0 fully saturated rings. The monoisotopic (exact) mass is 386 g/mol. The van der Waals surface area contributed by atoms with Gasteiger partial charge >= 0.3 is 0 Å². The van der Waals surface area contributed by atoms with Crippen molar-refractivity contribution in [3.05, 3.63) is 63.8 Å². The van der Waals surface area contributed by atoms with E-state index in [9.17, 15) is 4.79 Å². The molecule has 1 amide bonds. The van der Waals surface area contributed by atoms with Gasteiger partial charge in [-0.25, -0.2) is 4.99 Å². The van der Waals surface area contributed by atoms with Gasteiger partial charge in [0.15, 0.2) is 11.5 Å². The molecule has 1 aliphatic rings. The Balaban J connectivity index is 1.94. The van der Waals surface area contributed by atoms with Crippen LogP contribution in [0.5, 0.6) is 11.5 Å². The largest absolute Gasteiger partial charge is 0.493 e. The minimum absolute atomic E-state index is 0.236. The van der Waals surface area contributed by atoms with Gasteiger partial charge in [-0.3, -0.25) is 4.79 Å². The van der Waals surface area contributed by atoms with Crippen molar-refractivity contribution in [1.82, 2.24) is 5.32 Å². The van der Waals surface area contributed by atoms with Crippen molar-refractivity contribution in [1.29, 1.82) is 0 Å². The highest BCUT2D eigenvalue weighted by molar-refractivity contribution is 9.10. The van der Waals surface area contributed by atoms with Crippen LogP contribution in [0.1, 0.15) is 11.1 Å². The number of aliphatic imine (C=N–C) groups is 1. The van der Waals surface area contributed by atoms with Crippen LogP contribution in [0.4, 0.5) is 0 Å². The molecule has 0 aliphatic carbocycles. The smallest absolute Gasteiger partial charge is 0.275 e. The first-order chi connectivity index (χ1) is 11.6. The highest BCUT2D eigenvalue weighted by Gasteiger charge is 2.21. The summed E-state index contributed by atoms with van der Waals surface area (Å²) in [5.74, 6) is 1.53. The Labute approximate surface area is 148 Å². The molecule has 2 aromatic rings. The number of amidine groups is 1. The zero-order valence-corrected chi connectivity index (χ0v) is 14.8. The Morgan fingerprint density at radius 1 is 1.08 bits per heavy atom. The molecule has 2 aromatic carbocycles. The number of carbonyl (C=O) groups is 1. The molecule has 0 bridgehead atoms. The van der Waals surface area contributed by atoms with Crippen LogP contribution < -0.4 is 14.8 Å². The van der Waals surface area contributed by atoms with E-state index < -0.39 is 0 Å². The summed E-state index contributed by atoms with van der Waals surface area (Å²) in [6, 6.07) is 13.0. The third-order valence-electron chi connectivity index (χ3n) is 3.51. The first-order valence-corrected chi connectivity index (χ1v) is 7.99. The van der Waals surface area contributed by atoms with Crippen LogP contribution >= 0.6 is 15.9 Å². The highest BCUT2D eigenvalue weighted by Crippen LogP contribution is 2.29. The number of carbonyl (C=O) groups excluding carboxylic acids is 1. The van der Waals surface area contributed by atoms with Gasteiger partial charge in [-0.05, 0) is 35.9 Å². The maximum atomic E-state index is 12.2. The van der Waals surface area contributed by atoms with Gasteiger partial charge in [-0.2, -0.15) is 0 Å². The number of benzene rings is 2. The van der Waals surface area contributed by atoms with Crippen molar-refractivity contribution < 1.29 is 14.3 Å². The van der Waals surface area contributed by atoms with Crippen molar-refractivity contribution >= 4 is 33.7 Å². The number of rotatable bonds is 4. The van der Waals surface area contributed by atoms with Gasteiger partial charge in [0, 0.05) is 10.0 Å². The number of amides is 1. The molecule has 0 saturated carbocycles. The van der Waals surface area contributed by atoms with Crippen molar-refractivity contribution in [2.75, 3.05) is 14.2 Å². The number of nitrogens with one attached hydrogen (secondary N) is 1. The quantitative estimate of drug-likeness (QED) is 0.819. The summed E-state index contributed by atoms with van der Waals surface area (Å²) in [4.78, 5) is 16.6. The molecule has 0 unspecified atom stereocenters. The van der Waals surface area contributed by atoms with E-state index in [1.54, 1.807) is 32.4 Å². The van der Waals surface area contributed by atoms with Crippen molar-refractivity contribution in [3.63, 3.8) is 0 Å². The van der Waals surface area contributed by atoms with E-state index in [0.29, 0.717) is 23.0 Å². The van der Waals surface area contributed by atoms with E-state index in [1.165, 1.54) is 0 Å². The average molecular weight is 387 g/mol. The molecule has 24 heavy (non-hydrogen) atoms.